The molecular formula is C15H16N4O. The van der Waals surface area contributed by atoms with Crippen molar-refractivity contribution < 1.29 is 4.79 Å². The third kappa shape index (κ3) is 4.15. The summed E-state index contributed by atoms with van der Waals surface area (Å²) in [6.07, 6.45) is 1.34. The number of hydrogen-bond donors (Lipinski definition) is 2. The number of carbonyl (C=O) groups is 1. The molecule has 1 rings (SSSR count). The highest BCUT2D eigenvalue weighted by molar-refractivity contribution is 5.95. The fraction of sp³-hybridized carbons (Fsp3) is 0.267. The van der Waals surface area contributed by atoms with Crippen LogP contribution >= 0.6 is 0 Å². The minimum Gasteiger partial charge on any atom is -0.360 e. The number of nitrogens with zero attached hydrogens (tertiary/aromatic N) is 2. The Morgan fingerprint density at radius 3 is 2.45 bits per heavy atom. The lowest BCUT2D eigenvalue weighted by molar-refractivity contribution is 0.0943. The van der Waals surface area contributed by atoms with Crippen LogP contribution in [-0.2, 0) is 0 Å². The van der Waals surface area contributed by atoms with Gasteiger partial charge in [0.2, 0.25) is 0 Å². The predicted octanol–water partition coefficient (Wildman–Crippen LogP) is 2.48. The zero-order valence-electron chi connectivity index (χ0n) is 11.7. The Hall–Kier alpha value is -2.79. The molecule has 0 saturated heterocycles. The van der Waals surface area contributed by atoms with E-state index in [0.29, 0.717) is 5.56 Å². The Morgan fingerprint density at radius 1 is 1.30 bits per heavy atom. The van der Waals surface area contributed by atoms with Crippen LogP contribution < -0.4 is 10.6 Å². The SMILES string of the molecule is Cc1cc(C(=O)NC(C)C)ccc1NC=C(C#N)C#N. The third-order valence-corrected chi connectivity index (χ3v) is 2.52. The molecule has 5 nitrogen and oxygen atoms in total. The lowest BCUT2D eigenvalue weighted by atomic mass is 10.1. The van der Waals surface area contributed by atoms with Crippen molar-refractivity contribution in [3.05, 3.63) is 41.1 Å². The summed E-state index contributed by atoms with van der Waals surface area (Å²) in [4.78, 5) is 11.8. The van der Waals surface area contributed by atoms with Gasteiger partial charge in [0, 0.05) is 23.5 Å². The summed E-state index contributed by atoms with van der Waals surface area (Å²) in [7, 11) is 0. The van der Waals surface area contributed by atoms with Crippen molar-refractivity contribution in [3.63, 3.8) is 0 Å². The molecule has 0 atom stereocenters. The van der Waals surface area contributed by atoms with Gasteiger partial charge < -0.3 is 10.6 Å². The van der Waals surface area contributed by atoms with E-state index < -0.39 is 0 Å². The molecule has 0 aliphatic heterocycles. The lowest BCUT2D eigenvalue weighted by Gasteiger charge is -2.11. The van der Waals surface area contributed by atoms with E-state index in [1.807, 2.05) is 20.8 Å². The summed E-state index contributed by atoms with van der Waals surface area (Å²) in [5.74, 6) is -0.125. The number of amides is 1. The van der Waals surface area contributed by atoms with Gasteiger partial charge in [-0.3, -0.25) is 4.79 Å². The minimum absolute atomic E-state index is 0.00831. The molecule has 0 aromatic heterocycles. The number of carbonyl (C=O) groups excluding carboxylic acids is 1. The largest absolute Gasteiger partial charge is 0.360 e. The molecule has 0 saturated carbocycles. The summed E-state index contributed by atoms with van der Waals surface area (Å²) in [6, 6.07) is 8.81. The first-order valence-corrected chi connectivity index (χ1v) is 6.16. The molecule has 0 heterocycles. The van der Waals surface area contributed by atoms with Gasteiger partial charge in [-0.15, -0.1) is 0 Å². The average molecular weight is 268 g/mol. The summed E-state index contributed by atoms with van der Waals surface area (Å²) < 4.78 is 0. The highest BCUT2D eigenvalue weighted by Crippen LogP contribution is 2.17. The molecule has 1 amide bonds. The zero-order chi connectivity index (χ0) is 15.1. The maximum absolute atomic E-state index is 11.8. The number of nitrogens with one attached hydrogen (secondary N) is 2. The quantitative estimate of drug-likeness (QED) is 0.821. The fourth-order valence-corrected chi connectivity index (χ4v) is 1.55. The van der Waals surface area contributed by atoms with Crippen LogP contribution in [0.1, 0.15) is 29.8 Å². The van der Waals surface area contributed by atoms with Crippen LogP contribution in [0.5, 0.6) is 0 Å². The summed E-state index contributed by atoms with van der Waals surface area (Å²) >= 11 is 0. The van der Waals surface area contributed by atoms with Crippen LogP contribution in [0.2, 0.25) is 0 Å². The molecule has 0 spiro atoms. The van der Waals surface area contributed by atoms with Gasteiger partial charge in [0.1, 0.15) is 17.7 Å². The van der Waals surface area contributed by atoms with E-state index in [2.05, 4.69) is 10.6 Å². The van der Waals surface area contributed by atoms with Gasteiger partial charge in [0.25, 0.3) is 5.91 Å². The van der Waals surface area contributed by atoms with Crippen molar-refractivity contribution in [1.29, 1.82) is 10.5 Å². The topological polar surface area (TPSA) is 88.7 Å². The predicted molar refractivity (Wildman–Crippen MR) is 76.7 cm³/mol. The molecule has 0 unspecified atom stereocenters. The molecule has 0 aliphatic carbocycles. The van der Waals surface area contributed by atoms with Gasteiger partial charge in [-0.2, -0.15) is 10.5 Å². The molecule has 1 aromatic carbocycles. The minimum atomic E-state index is -0.125. The molecule has 0 bridgehead atoms. The Kier molecular flexibility index (Phi) is 5.31. The standard InChI is InChI=1S/C15H16N4O/c1-10(2)19-15(20)13-4-5-14(11(3)6-13)18-9-12(7-16)8-17/h4-6,9-10,18H,1-3H3,(H,19,20). The number of nitriles is 2. The van der Waals surface area contributed by atoms with Crippen LogP contribution in [0.4, 0.5) is 5.69 Å². The first-order valence-electron chi connectivity index (χ1n) is 6.16. The van der Waals surface area contributed by atoms with Gasteiger partial charge in [-0.1, -0.05) is 0 Å². The highest BCUT2D eigenvalue weighted by atomic mass is 16.1. The summed E-state index contributed by atoms with van der Waals surface area (Å²) in [6.45, 7) is 5.65. The van der Waals surface area contributed by atoms with Crippen molar-refractivity contribution in [2.75, 3.05) is 5.32 Å². The fourth-order valence-electron chi connectivity index (χ4n) is 1.55. The van der Waals surface area contributed by atoms with E-state index in [1.165, 1.54) is 6.20 Å². The first-order chi connectivity index (χ1) is 9.47. The van der Waals surface area contributed by atoms with Crippen LogP contribution in [0, 0.1) is 29.6 Å². The molecule has 0 radical (unpaired) electrons. The first kappa shape index (κ1) is 15.3. The second kappa shape index (κ2) is 6.96. The van der Waals surface area contributed by atoms with Gasteiger partial charge in [-0.25, -0.2) is 0 Å². The monoisotopic (exact) mass is 268 g/mol. The second-order valence-electron chi connectivity index (χ2n) is 4.58. The van der Waals surface area contributed by atoms with Crippen LogP contribution in [0.15, 0.2) is 30.0 Å². The van der Waals surface area contributed by atoms with Gasteiger partial charge in [0.15, 0.2) is 0 Å². The van der Waals surface area contributed by atoms with Crippen LogP contribution in [0.25, 0.3) is 0 Å². The third-order valence-electron chi connectivity index (χ3n) is 2.52. The lowest BCUT2D eigenvalue weighted by Crippen LogP contribution is -2.30. The molecule has 0 aliphatic rings. The van der Waals surface area contributed by atoms with Crippen molar-refractivity contribution >= 4 is 11.6 Å². The van der Waals surface area contributed by atoms with E-state index in [9.17, 15) is 4.79 Å². The number of hydrogen-bond acceptors (Lipinski definition) is 4. The number of allylic oxidation sites excluding steroid dienone is 1. The summed E-state index contributed by atoms with van der Waals surface area (Å²) in [5.41, 5.74) is 2.17. The molecular weight excluding hydrogens is 252 g/mol. The molecule has 20 heavy (non-hydrogen) atoms. The maximum Gasteiger partial charge on any atom is 0.251 e. The molecule has 0 fully saturated rings. The van der Waals surface area contributed by atoms with Crippen molar-refractivity contribution in [2.24, 2.45) is 0 Å². The van der Waals surface area contributed by atoms with E-state index in [0.717, 1.165) is 11.3 Å². The number of benzene rings is 1. The Labute approximate surface area is 118 Å². The van der Waals surface area contributed by atoms with Gasteiger partial charge in [-0.05, 0) is 44.5 Å². The number of aryl methyl sites for hydroxylation is 1. The van der Waals surface area contributed by atoms with Gasteiger partial charge in [0.05, 0.1) is 0 Å². The molecule has 2 N–H and O–H groups in total. The Bertz CT molecular complexity index is 602. The van der Waals surface area contributed by atoms with Crippen LogP contribution in [0.3, 0.4) is 0 Å². The molecule has 5 heteroatoms. The average Bonchev–Trinajstić information content (AvgIpc) is 2.40. The Morgan fingerprint density at radius 2 is 1.95 bits per heavy atom. The van der Waals surface area contributed by atoms with Crippen molar-refractivity contribution in [2.45, 2.75) is 26.8 Å². The molecule has 102 valence electrons. The number of anilines is 1. The highest BCUT2D eigenvalue weighted by Gasteiger charge is 2.08. The van der Waals surface area contributed by atoms with Crippen molar-refractivity contribution in [3.8, 4) is 12.1 Å². The second-order valence-corrected chi connectivity index (χ2v) is 4.58. The molecule has 1 aromatic rings. The summed E-state index contributed by atoms with van der Waals surface area (Å²) in [5, 5.41) is 23.0. The van der Waals surface area contributed by atoms with E-state index >= 15 is 0 Å². The maximum atomic E-state index is 11.8. The number of rotatable bonds is 4. The zero-order valence-corrected chi connectivity index (χ0v) is 11.7. The van der Waals surface area contributed by atoms with E-state index in [-0.39, 0.29) is 17.5 Å². The van der Waals surface area contributed by atoms with E-state index in [1.54, 1.807) is 30.3 Å². The smallest absolute Gasteiger partial charge is 0.251 e. The van der Waals surface area contributed by atoms with Crippen LogP contribution in [-0.4, -0.2) is 11.9 Å². The van der Waals surface area contributed by atoms with Crippen molar-refractivity contribution in [1.82, 2.24) is 5.32 Å². The Balaban J connectivity index is 2.90. The van der Waals surface area contributed by atoms with Gasteiger partial charge >= 0.3 is 0 Å². The normalized spacial score (nSPS) is 9.30. The van der Waals surface area contributed by atoms with E-state index in [4.69, 9.17) is 10.5 Å².